The molecule has 0 amide bonds. The lowest BCUT2D eigenvalue weighted by atomic mass is 9.58. The van der Waals surface area contributed by atoms with E-state index in [1.807, 2.05) is 0 Å². The number of aliphatic hydroxyl groups is 1. The lowest BCUT2D eigenvalue weighted by Gasteiger charge is -2.53. The Balaban J connectivity index is 2.32. The van der Waals surface area contributed by atoms with Crippen molar-refractivity contribution in [3.05, 3.63) is 0 Å². The zero-order chi connectivity index (χ0) is 10.2. The van der Waals surface area contributed by atoms with E-state index in [1.54, 1.807) is 0 Å². The largest absolute Gasteiger partial charge is 0.377 e. The molecule has 14 heavy (non-hydrogen) atoms. The van der Waals surface area contributed by atoms with Gasteiger partial charge in [0.2, 0.25) is 0 Å². The van der Waals surface area contributed by atoms with Gasteiger partial charge in [-0.2, -0.15) is 0 Å². The van der Waals surface area contributed by atoms with Crippen LogP contribution >= 0.6 is 0 Å². The van der Waals surface area contributed by atoms with Gasteiger partial charge in [-0.25, -0.2) is 0 Å². The van der Waals surface area contributed by atoms with Crippen LogP contribution in [0.2, 0.25) is 0 Å². The third-order valence-corrected chi connectivity index (χ3v) is 4.25. The van der Waals surface area contributed by atoms with Gasteiger partial charge >= 0.3 is 0 Å². The highest BCUT2D eigenvalue weighted by molar-refractivity contribution is 5.20. The molecule has 3 atom stereocenters. The van der Waals surface area contributed by atoms with E-state index in [4.69, 9.17) is 6.42 Å². The molecule has 0 bridgehead atoms. The predicted octanol–water partition coefficient (Wildman–Crippen LogP) is 1.29. The molecule has 2 nitrogen and oxygen atoms in total. The summed E-state index contributed by atoms with van der Waals surface area (Å²) in [5.41, 5.74) is -0.998. The first kappa shape index (κ1) is 10.0. The Bertz CT molecular complexity index is 268. The summed E-state index contributed by atoms with van der Waals surface area (Å²) in [5.74, 6) is 2.64. The van der Waals surface area contributed by atoms with E-state index in [1.165, 1.54) is 0 Å². The topological polar surface area (TPSA) is 32.3 Å². The fourth-order valence-electron chi connectivity index (χ4n) is 3.13. The Kier molecular flexibility index (Phi) is 2.33. The van der Waals surface area contributed by atoms with E-state index in [-0.39, 0.29) is 5.41 Å². The summed E-state index contributed by atoms with van der Waals surface area (Å²) in [6, 6.07) is 0.408. The fourth-order valence-corrected chi connectivity index (χ4v) is 3.13. The van der Waals surface area contributed by atoms with E-state index in [9.17, 15) is 5.11 Å². The van der Waals surface area contributed by atoms with Crippen molar-refractivity contribution in [2.45, 2.75) is 50.7 Å². The Morgan fingerprint density at radius 2 is 2.21 bits per heavy atom. The molecule has 2 heteroatoms. The summed E-state index contributed by atoms with van der Waals surface area (Å²) in [4.78, 5) is 0. The number of fused-ring (bicyclic) bond motifs is 1. The molecular formula is C12H19NO. The van der Waals surface area contributed by atoms with Gasteiger partial charge in [-0.15, -0.1) is 6.42 Å². The van der Waals surface area contributed by atoms with E-state index in [2.05, 4.69) is 18.2 Å². The smallest absolute Gasteiger partial charge is 0.132 e. The van der Waals surface area contributed by atoms with Gasteiger partial charge in [0.15, 0.2) is 0 Å². The summed E-state index contributed by atoms with van der Waals surface area (Å²) in [6.45, 7) is 3.21. The standard InChI is InChI=1S/C12H19NO/c1-3-12(14)8-4-6-10-11(12,2)7-5-9-13-10/h1,10,13-14H,4-9H2,2H3/t10?,11-,12-/m1/s1. The first-order valence-electron chi connectivity index (χ1n) is 5.56. The van der Waals surface area contributed by atoms with Gasteiger partial charge in [0, 0.05) is 11.5 Å². The first-order valence-corrected chi connectivity index (χ1v) is 5.56. The molecule has 0 spiro atoms. The molecule has 78 valence electrons. The van der Waals surface area contributed by atoms with Gasteiger partial charge < -0.3 is 10.4 Å². The highest BCUT2D eigenvalue weighted by Crippen LogP contribution is 2.48. The molecule has 1 heterocycles. The van der Waals surface area contributed by atoms with Crippen molar-refractivity contribution in [1.82, 2.24) is 5.32 Å². The van der Waals surface area contributed by atoms with Crippen molar-refractivity contribution in [1.29, 1.82) is 0 Å². The van der Waals surface area contributed by atoms with Crippen molar-refractivity contribution in [2.24, 2.45) is 5.41 Å². The molecule has 1 aliphatic carbocycles. The minimum atomic E-state index is -0.886. The third kappa shape index (κ3) is 1.20. The van der Waals surface area contributed by atoms with Crippen LogP contribution < -0.4 is 5.32 Å². The van der Waals surface area contributed by atoms with Crippen LogP contribution in [0.25, 0.3) is 0 Å². The van der Waals surface area contributed by atoms with Crippen molar-refractivity contribution in [2.75, 3.05) is 6.54 Å². The van der Waals surface area contributed by atoms with Crippen molar-refractivity contribution in [3.8, 4) is 12.3 Å². The SMILES string of the molecule is C#C[C@@]1(O)CCCC2NCCC[C@]21C. The molecule has 2 aliphatic rings. The minimum Gasteiger partial charge on any atom is -0.377 e. The second-order valence-electron chi connectivity index (χ2n) is 4.92. The molecule has 1 unspecified atom stereocenters. The summed E-state index contributed by atoms with van der Waals surface area (Å²) >= 11 is 0. The molecule has 2 N–H and O–H groups in total. The lowest BCUT2D eigenvalue weighted by molar-refractivity contribution is -0.0936. The Morgan fingerprint density at radius 1 is 1.43 bits per heavy atom. The number of piperidine rings is 1. The normalized spacial score (nSPS) is 47.9. The summed E-state index contributed by atoms with van der Waals surface area (Å²) in [7, 11) is 0. The molecule has 2 rings (SSSR count). The maximum absolute atomic E-state index is 10.5. The van der Waals surface area contributed by atoms with E-state index >= 15 is 0 Å². The highest BCUT2D eigenvalue weighted by Gasteiger charge is 2.53. The summed E-state index contributed by atoms with van der Waals surface area (Å²) in [6.07, 6.45) is 10.6. The van der Waals surface area contributed by atoms with Gasteiger partial charge in [-0.05, 0) is 38.6 Å². The summed E-state index contributed by atoms with van der Waals surface area (Å²) < 4.78 is 0. The van der Waals surface area contributed by atoms with Crippen molar-refractivity contribution < 1.29 is 5.11 Å². The van der Waals surface area contributed by atoms with E-state index < -0.39 is 5.60 Å². The van der Waals surface area contributed by atoms with Crippen LogP contribution in [-0.4, -0.2) is 23.3 Å². The third-order valence-electron chi connectivity index (χ3n) is 4.25. The summed E-state index contributed by atoms with van der Waals surface area (Å²) in [5, 5.41) is 14.0. The highest BCUT2D eigenvalue weighted by atomic mass is 16.3. The minimum absolute atomic E-state index is 0.113. The number of hydrogen-bond donors (Lipinski definition) is 2. The molecule has 0 radical (unpaired) electrons. The average molecular weight is 193 g/mol. The van der Waals surface area contributed by atoms with Crippen LogP contribution in [0.5, 0.6) is 0 Å². The molecule has 0 aromatic rings. The monoisotopic (exact) mass is 193 g/mol. The van der Waals surface area contributed by atoms with Gasteiger partial charge in [0.1, 0.15) is 5.60 Å². The molecule has 1 saturated heterocycles. The van der Waals surface area contributed by atoms with Crippen LogP contribution in [0.15, 0.2) is 0 Å². The van der Waals surface area contributed by atoms with Crippen LogP contribution in [0.3, 0.4) is 0 Å². The van der Waals surface area contributed by atoms with Crippen molar-refractivity contribution in [3.63, 3.8) is 0 Å². The van der Waals surface area contributed by atoms with Gasteiger partial charge in [0.05, 0.1) is 0 Å². The first-order chi connectivity index (χ1) is 6.62. The number of terminal acetylenes is 1. The molecular weight excluding hydrogens is 174 g/mol. The number of hydrogen-bond acceptors (Lipinski definition) is 2. The van der Waals surface area contributed by atoms with Crippen LogP contribution in [0.1, 0.15) is 39.0 Å². The molecule has 0 aromatic carbocycles. The van der Waals surface area contributed by atoms with Gasteiger partial charge in [0.25, 0.3) is 0 Å². The second kappa shape index (κ2) is 3.25. The maximum atomic E-state index is 10.5. The number of rotatable bonds is 0. The molecule has 1 aliphatic heterocycles. The maximum Gasteiger partial charge on any atom is 0.132 e. The fraction of sp³-hybridized carbons (Fsp3) is 0.833. The Labute approximate surface area is 86.1 Å². The molecule has 2 fully saturated rings. The average Bonchev–Trinajstić information content (AvgIpc) is 2.20. The van der Waals surface area contributed by atoms with Crippen LogP contribution in [0, 0.1) is 17.8 Å². The quantitative estimate of drug-likeness (QED) is 0.568. The van der Waals surface area contributed by atoms with Crippen LogP contribution in [0.4, 0.5) is 0 Å². The Hall–Kier alpha value is -0.520. The van der Waals surface area contributed by atoms with Gasteiger partial charge in [-0.3, -0.25) is 0 Å². The van der Waals surface area contributed by atoms with E-state index in [0.29, 0.717) is 6.04 Å². The molecule has 1 saturated carbocycles. The lowest BCUT2D eigenvalue weighted by Crippen LogP contribution is -2.62. The predicted molar refractivity (Wildman–Crippen MR) is 56.8 cm³/mol. The zero-order valence-corrected chi connectivity index (χ0v) is 8.84. The Morgan fingerprint density at radius 3 is 2.93 bits per heavy atom. The van der Waals surface area contributed by atoms with E-state index in [0.717, 1.165) is 38.6 Å². The zero-order valence-electron chi connectivity index (χ0n) is 8.84. The van der Waals surface area contributed by atoms with Crippen molar-refractivity contribution >= 4 is 0 Å². The number of nitrogens with one attached hydrogen (secondary N) is 1. The molecule has 0 aromatic heterocycles. The second-order valence-corrected chi connectivity index (χ2v) is 4.92. The van der Waals surface area contributed by atoms with Gasteiger partial charge in [-0.1, -0.05) is 12.8 Å². The van der Waals surface area contributed by atoms with Crippen LogP contribution in [-0.2, 0) is 0 Å².